The molecule has 8 nitrogen and oxygen atoms in total. The van der Waals surface area contributed by atoms with Gasteiger partial charge in [-0.15, -0.1) is 0 Å². The van der Waals surface area contributed by atoms with Crippen molar-refractivity contribution in [3.63, 3.8) is 0 Å². The summed E-state index contributed by atoms with van der Waals surface area (Å²) in [6, 6.07) is 18.4. The summed E-state index contributed by atoms with van der Waals surface area (Å²) in [4.78, 5) is 28.1. The highest BCUT2D eigenvalue weighted by atomic mass is 16.2. The number of hydrogen-bond donors (Lipinski definition) is 5. The molecule has 0 saturated heterocycles. The highest BCUT2D eigenvalue weighted by Crippen LogP contribution is 2.26. The van der Waals surface area contributed by atoms with Crippen molar-refractivity contribution in [1.82, 2.24) is 15.2 Å². The number of nitrogens with two attached hydrogens (primary N) is 1. The number of aromatic nitrogens is 3. The molecule has 0 radical (unpaired) electrons. The molecule has 0 aliphatic carbocycles. The number of carbonyl (C=O) groups is 2. The average molecular weight is 402 g/mol. The number of rotatable bonds is 7. The smallest absolute Gasteiger partial charge is 0.273 e. The van der Waals surface area contributed by atoms with E-state index in [1.165, 1.54) is 0 Å². The van der Waals surface area contributed by atoms with Crippen molar-refractivity contribution in [3.05, 3.63) is 78.1 Å². The van der Waals surface area contributed by atoms with Crippen LogP contribution in [0.25, 0.3) is 10.9 Å². The third-order valence-electron chi connectivity index (χ3n) is 4.88. The van der Waals surface area contributed by atoms with Crippen LogP contribution in [0.15, 0.2) is 66.9 Å². The molecular formula is C22H22N6O2. The number of H-pyrrole nitrogens is 2. The van der Waals surface area contributed by atoms with Gasteiger partial charge in [-0.05, 0) is 48.9 Å². The molecule has 0 saturated carbocycles. The van der Waals surface area contributed by atoms with Gasteiger partial charge in [0.15, 0.2) is 5.82 Å². The molecule has 152 valence electrons. The fourth-order valence-corrected chi connectivity index (χ4v) is 3.36. The van der Waals surface area contributed by atoms with Crippen LogP contribution in [0, 0.1) is 0 Å². The van der Waals surface area contributed by atoms with Crippen LogP contribution in [-0.4, -0.2) is 33.5 Å². The van der Waals surface area contributed by atoms with Gasteiger partial charge in [0.2, 0.25) is 5.91 Å². The second-order valence-corrected chi connectivity index (χ2v) is 6.90. The zero-order chi connectivity index (χ0) is 20.9. The molecule has 4 aromatic rings. The summed E-state index contributed by atoms with van der Waals surface area (Å²) < 4.78 is 0. The quantitative estimate of drug-likeness (QED) is 0.325. The van der Waals surface area contributed by atoms with E-state index in [1.807, 2.05) is 36.4 Å². The van der Waals surface area contributed by atoms with E-state index in [0.29, 0.717) is 35.6 Å². The second kappa shape index (κ2) is 8.62. The standard InChI is InChI=1S/C22H22N6O2/c23-11-10-16(14-5-2-1-3-6-14)21(29)25-15-8-9-18-17(13-15)20(28-27-18)26-22(30)19-7-4-12-24-19/h1-9,12-13,16,24H,10-11,23H2,(H,25,29)(H2,26,27,28,30). The average Bonchev–Trinajstić information content (AvgIpc) is 3.43. The predicted octanol–water partition coefficient (Wildman–Crippen LogP) is 3.21. The Bertz CT molecular complexity index is 1150. The lowest BCUT2D eigenvalue weighted by atomic mass is 9.94. The third kappa shape index (κ3) is 4.08. The summed E-state index contributed by atoms with van der Waals surface area (Å²) in [6.45, 7) is 0.405. The van der Waals surface area contributed by atoms with Crippen LogP contribution in [0.4, 0.5) is 11.5 Å². The lowest BCUT2D eigenvalue weighted by Gasteiger charge is -2.16. The van der Waals surface area contributed by atoms with Gasteiger partial charge in [0.25, 0.3) is 5.91 Å². The molecule has 2 heterocycles. The minimum absolute atomic E-state index is 0.133. The van der Waals surface area contributed by atoms with Gasteiger partial charge in [-0.2, -0.15) is 5.10 Å². The first-order valence-corrected chi connectivity index (χ1v) is 9.64. The van der Waals surface area contributed by atoms with E-state index in [9.17, 15) is 9.59 Å². The number of aromatic amines is 2. The molecule has 0 bridgehead atoms. The van der Waals surface area contributed by atoms with Gasteiger partial charge in [-0.25, -0.2) is 0 Å². The molecule has 0 fully saturated rings. The van der Waals surface area contributed by atoms with E-state index in [0.717, 1.165) is 11.1 Å². The molecule has 1 atom stereocenters. The largest absolute Gasteiger partial charge is 0.357 e. The van der Waals surface area contributed by atoms with Crippen LogP contribution in [0.2, 0.25) is 0 Å². The van der Waals surface area contributed by atoms with Crippen LogP contribution < -0.4 is 16.4 Å². The molecular weight excluding hydrogens is 380 g/mol. The number of benzene rings is 2. The van der Waals surface area contributed by atoms with E-state index in [1.54, 1.807) is 30.5 Å². The first-order valence-electron chi connectivity index (χ1n) is 9.64. The fourth-order valence-electron chi connectivity index (χ4n) is 3.36. The monoisotopic (exact) mass is 402 g/mol. The fraction of sp³-hybridized carbons (Fsp3) is 0.136. The van der Waals surface area contributed by atoms with Gasteiger partial charge >= 0.3 is 0 Å². The Morgan fingerprint density at radius 1 is 1.03 bits per heavy atom. The van der Waals surface area contributed by atoms with E-state index in [4.69, 9.17) is 5.73 Å². The zero-order valence-electron chi connectivity index (χ0n) is 16.2. The molecule has 2 amide bonds. The highest BCUT2D eigenvalue weighted by Gasteiger charge is 2.20. The number of carbonyl (C=O) groups excluding carboxylic acids is 2. The summed E-state index contributed by atoms with van der Waals surface area (Å²) in [5, 5.41) is 13.5. The zero-order valence-corrected chi connectivity index (χ0v) is 16.2. The Labute approximate surface area is 172 Å². The number of nitrogens with one attached hydrogen (secondary N) is 4. The maximum atomic E-state index is 12.9. The lowest BCUT2D eigenvalue weighted by molar-refractivity contribution is -0.117. The summed E-state index contributed by atoms with van der Waals surface area (Å²) in [6.07, 6.45) is 2.22. The van der Waals surface area contributed by atoms with E-state index < -0.39 is 0 Å². The first-order chi connectivity index (χ1) is 14.7. The van der Waals surface area contributed by atoms with E-state index in [-0.39, 0.29) is 17.7 Å². The second-order valence-electron chi connectivity index (χ2n) is 6.90. The SMILES string of the molecule is NCCC(C(=O)Nc1ccc2[nH]nc(NC(=O)c3ccc[nH]3)c2c1)c1ccccc1. The molecule has 0 aliphatic rings. The van der Waals surface area contributed by atoms with Gasteiger partial charge in [-0.3, -0.25) is 14.7 Å². The van der Waals surface area contributed by atoms with Gasteiger partial charge < -0.3 is 21.4 Å². The predicted molar refractivity (Wildman–Crippen MR) is 116 cm³/mol. The molecule has 8 heteroatoms. The molecule has 2 aromatic heterocycles. The van der Waals surface area contributed by atoms with Crippen LogP contribution in [0.3, 0.4) is 0 Å². The van der Waals surface area contributed by atoms with Gasteiger partial charge in [0, 0.05) is 17.3 Å². The normalized spacial score (nSPS) is 11.9. The summed E-state index contributed by atoms with van der Waals surface area (Å²) >= 11 is 0. The van der Waals surface area contributed by atoms with E-state index in [2.05, 4.69) is 25.8 Å². The summed E-state index contributed by atoms with van der Waals surface area (Å²) in [5.74, 6) is -0.382. The number of fused-ring (bicyclic) bond motifs is 1. The molecule has 2 aromatic carbocycles. The van der Waals surface area contributed by atoms with Crippen LogP contribution in [0.5, 0.6) is 0 Å². The Morgan fingerprint density at radius 3 is 2.60 bits per heavy atom. The number of nitrogens with zero attached hydrogens (tertiary/aromatic N) is 1. The highest BCUT2D eigenvalue weighted by molar-refractivity contribution is 6.07. The lowest BCUT2D eigenvalue weighted by Crippen LogP contribution is -2.23. The van der Waals surface area contributed by atoms with Crippen molar-refractivity contribution in [3.8, 4) is 0 Å². The number of hydrogen-bond acceptors (Lipinski definition) is 4. The Kier molecular flexibility index (Phi) is 5.58. The first kappa shape index (κ1) is 19.4. The summed E-state index contributed by atoms with van der Waals surface area (Å²) in [5.41, 5.74) is 8.44. The van der Waals surface area contributed by atoms with E-state index >= 15 is 0 Å². The van der Waals surface area contributed by atoms with Crippen molar-refractivity contribution in [2.24, 2.45) is 5.73 Å². The van der Waals surface area contributed by atoms with Gasteiger partial charge in [0.05, 0.1) is 11.4 Å². The molecule has 1 unspecified atom stereocenters. The molecule has 0 spiro atoms. The topological polar surface area (TPSA) is 129 Å². The third-order valence-corrected chi connectivity index (χ3v) is 4.88. The molecule has 0 aliphatic heterocycles. The van der Waals surface area contributed by atoms with Crippen molar-refractivity contribution < 1.29 is 9.59 Å². The van der Waals surface area contributed by atoms with Crippen LogP contribution >= 0.6 is 0 Å². The molecule has 4 rings (SSSR count). The van der Waals surface area contributed by atoms with Crippen molar-refractivity contribution in [2.45, 2.75) is 12.3 Å². The minimum atomic E-state index is -0.344. The molecule has 6 N–H and O–H groups in total. The van der Waals surface area contributed by atoms with Crippen molar-refractivity contribution in [2.75, 3.05) is 17.2 Å². The van der Waals surface area contributed by atoms with Crippen molar-refractivity contribution in [1.29, 1.82) is 0 Å². The molecule has 30 heavy (non-hydrogen) atoms. The maximum Gasteiger partial charge on any atom is 0.273 e. The van der Waals surface area contributed by atoms with Crippen LogP contribution in [0.1, 0.15) is 28.4 Å². The maximum absolute atomic E-state index is 12.9. The van der Waals surface area contributed by atoms with Crippen LogP contribution in [-0.2, 0) is 4.79 Å². The van der Waals surface area contributed by atoms with Gasteiger partial charge in [-0.1, -0.05) is 30.3 Å². The Balaban J connectivity index is 1.55. The number of anilines is 2. The summed E-state index contributed by atoms with van der Waals surface area (Å²) in [7, 11) is 0. The minimum Gasteiger partial charge on any atom is -0.357 e. The van der Waals surface area contributed by atoms with Crippen molar-refractivity contribution >= 4 is 34.2 Å². The Morgan fingerprint density at radius 2 is 1.87 bits per heavy atom. The van der Waals surface area contributed by atoms with Gasteiger partial charge in [0.1, 0.15) is 5.69 Å². The Hall–Kier alpha value is -3.91. The number of amides is 2.